The van der Waals surface area contributed by atoms with Gasteiger partial charge in [0.2, 0.25) is 0 Å². The molecule has 3 N–H and O–H groups in total. The number of nitrogens with one attached hydrogen (secondary N) is 1. The number of benzene rings is 1. The molecule has 76 valence electrons. The normalized spacial score (nSPS) is 22.2. The number of piperidine rings is 1. The van der Waals surface area contributed by atoms with E-state index < -0.39 is 0 Å². The molecule has 0 spiro atoms. The first kappa shape index (κ1) is 9.46. The van der Waals surface area contributed by atoms with Crippen molar-refractivity contribution in [1.82, 2.24) is 5.32 Å². The van der Waals surface area contributed by atoms with Gasteiger partial charge in [0.05, 0.1) is 5.69 Å². The molecule has 0 aliphatic carbocycles. The highest BCUT2D eigenvalue weighted by atomic mass is 19.1. The summed E-state index contributed by atoms with van der Waals surface area (Å²) < 4.78 is 13.2. The quantitative estimate of drug-likeness (QED) is 0.673. The van der Waals surface area contributed by atoms with E-state index in [4.69, 9.17) is 5.73 Å². The number of rotatable bonds is 1. The summed E-state index contributed by atoms with van der Waals surface area (Å²) in [7, 11) is 0. The van der Waals surface area contributed by atoms with Gasteiger partial charge in [0.25, 0.3) is 0 Å². The third-order valence-electron chi connectivity index (χ3n) is 2.74. The van der Waals surface area contributed by atoms with Gasteiger partial charge in [-0.2, -0.15) is 0 Å². The average molecular weight is 194 g/mol. The van der Waals surface area contributed by atoms with E-state index >= 15 is 0 Å². The second kappa shape index (κ2) is 3.96. The molecule has 1 heterocycles. The third-order valence-corrected chi connectivity index (χ3v) is 2.74. The molecular weight excluding hydrogens is 179 g/mol. The molecule has 1 aromatic carbocycles. The van der Waals surface area contributed by atoms with E-state index in [2.05, 4.69) is 5.32 Å². The molecule has 0 bridgehead atoms. The van der Waals surface area contributed by atoms with Crippen molar-refractivity contribution in [3.8, 4) is 0 Å². The van der Waals surface area contributed by atoms with Crippen molar-refractivity contribution in [3.05, 3.63) is 29.6 Å². The molecule has 1 aliphatic rings. The molecule has 0 unspecified atom stereocenters. The van der Waals surface area contributed by atoms with E-state index in [-0.39, 0.29) is 11.5 Å². The van der Waals surface area contributed by atoms with Gasteiger partial charge in [-0.15, -0.1) is 0 Å². The Morgan fingerprint density at radius 2 is 2.21 bits per heavy atom. The maximum atomic E-state index is 13.2. The summed E-state index contributed by atoms with van der Waals surface area (Å²) in [6, 6.07) is 5.39. The number of anilines is 1. The Bertz CT molecular complexity index is 319. The zero-order valence-electron chi connectivity index (χ0n) is 8.09. The molecule has 0 amide bonds. The molecule has 1 saturated heterocycles. The van der Waals surface area contributed by atoms with Gasteiger partial charge >= 0.3 is 0 Å². The Labute approximate surface area is 83.3 Å². The molecule has 2 nitrogen and oxygen atoms in total. The van der Waals surface area contributed by atoms with Gasteiger partial charge in [-0.1, -0.05) is 12.5 Å². The Kier molecular flexibility index (Phi) is 2.68. The Morgan fingerprint density at radius 3 is 2.86 bits per heavy atom. The zero-order valence-corrected chi connectivity index (χ0v) is 8.09. The lowest BCUT2D eigenvalue weighted by Crippen LogP contribution is -2.26. The van der Waals surface area contributed by atoms with Gasteiger partial charge in [-0.3, -0.25) is 0 Å². The van der Waals surface area contributed by atoms with E-state index in [9.17, 15) is 4.39 Å². The maximum Gasteiger partial charge on any atom is 0.146 e. The molecule has 14 heavy (non-hydrogen) atoms. The lowest BCUT2D eigenvalue weighted by molar-refractivity contribution is 0.411. The fraction of sp³-hybridized carbons (Fsp3) is 0.455. The lowest BCUT2D eigenvalue weighted by Gasteiger charge is -2.23. The number of nitrogens with two attached hydrogens (primary N) is 1. The van der Waals surface area contributed by atoms with E-state index in [0.717, 1.165) is 18.5 Å². The van der Waals surface area contributed by atoms with Crippen LogP contribution in [0.15, 0.2) is 18.2 Å². The first-order chi connectivity index (χ1) is 6.77. The van der Waals surface area contributed by atoms with Crippen LogP contribution in [-0.4, -0.2) is 6.54 Å². The second-order valence-electron chi connectivity index (χ2n) is 3.78. The summed E-state index contributed by atoms with van der Waals surface area (Å²) in [5, 5.41) is 3.37. The molecule has 1 aliphatic heterocycles. The molecule has 0 radical (unpaired) electrons. The van der Waals surface area contributed by atoms with Crippen LogP contribution in [0.1, 0.15) is 30.9 Å². The van der Waals surface area contributed by atoms with Gasteiger partial charge in [0.15, 0.2) is 0 Å². The molecular formula is C11H15FN2. The Morgan fingerprint density at radius 1 is 1.36 bits per heavy atom. The van der Waals surface area contributed by atoms with Gasteiger partial charge in [0, 0.05) is 6.04 Å². The van der Waals surface area contributed by atoms with Crippen molar-refractivity contribution in [2.75, 3.05) is 12.3 Å². The van der Waals surface area contributed by atoms with Gasteiger partial charge in [-0.05, 0) is 37.1 Å². The van der Waals surface area contributed by atoms with Crippen molar-refractivity contribution in [3.63, 3.8) is 0 Å². The standard InChI is InChI=1S/C11H15FN2/c12-9-7-8(4-5-10(9)13)11-3-1-2-6-14-11/h4-5,7,11,14H,1-3,6,13H2/t11-/m0/s1. The summed E-state index contributed by atoms with van der Waals surface area (Å²) in [6.07, 6.45) is 3.51. The predicted molar refractivity (Wildman–Crippen MR) is 55.4 cm³/mol. The second-order valence-corrected chi connectivity index (χ2v) is 3.78. The monoisotopic (exact) mass is 194 g/mol. The van der Waals surface area contributed by atoms with Crippen LogP contribution >= 0.6 is 0 Å². The molecule has 1 atom stereocenters. The number of nitrogen functional groups attached to an aromatic ring is 1. The van der Waals surface area contributed by atoms with Crippen molar-refractivity contribution in [2.24, 2.45) is 0 Å². The van der Waals surface area contributed by atoms with Gasteiger partial charge in [-0.25, -0.2) is 4.39 Å². The van der Waals surface area contributed by atoms with Crippen molar-refractivity contribution >= 4 is 5.69 Å². The summed E-state index contributed by atoms with van der Waals surface area (Å²) in [6.45, 7) is 1.02. The van der Waals surface area contributed by atoms with Crippen LogP contribution in [0.2, 0.25) is 0 Å². The highest BCUT2D eigenvalue weighted by Gasteiger charge is 2.15. The minimum Gasteiger partial charge on any atom is -0.396 e. The SMILES string of the molecule is Nc1ccc([C@@H]2CCCCN2)cc1F. The Hall–Kier alpha value is -1.09. The molecule has 2 rings (SSSR count). The molecule has 1 fully saturated rings. The highest BCUT2D eigenvalue weighted by Crippen LogP contribution is 2.24. The summed E-state index contributed by atoms with van der Waals surface area (Å²) in [4.78, 5) is 0. The largest absolute Gasteiger partial charge is 0.396 e. The number of hydrogen-bond donors (Lipinski definition) is 2. The first-order valence-corrected chi connectivity index (χ1v) is 5.05. The topological polar surface area (TPSA) is 38.0 Å². The van der Waals surface area contributed by atoms with Crippen molar-refractivity contribution in [2.45, 2.75) is 25.3 Å². The van der Waals surface area contributed by atoms with Crippen LogP contribution < -0.4 is 11.1 Å². The predicted octanol–water partition coefficient (Wildman–Crippen LogP) is 2.22. The third kappa shape index (κ3) is 1.87. The molecule has 1 aromatic rings. The van der Waals surface area contributed by atoms with Gasteiger partial charge < -0.3 is 11.1 Å². The van der Waals surface area contributed by atoms with Crippen LogP contribution in [-0.2, 0) is 0 Å². The molecule has 0 aromatic heterocycles. The fourth-order valence-electron chi connectivity index (χ4n) is 1.90. The summed E-state index contributed by atoms with van der Waals surface area (Å²) in [5.41, 5.74) is 6.66. The highest BCUT2D eigenvalue weighted by molar-refractivity contribution is 5.42. The molecule has 3 heteroatoms. The Balaban J connectivity index is 2.18. The van der Waals surface area contributed by atoms with E-state index in [1.807, 2.05) is 6.07 Å². The van der Waals surface area contributed by atoms with Crippen LogP contribution in [0.4, 0.5) is 10.1 Å². The zero-order chi connectivity index (χ0) is 9.97. The minimum absolute atomic E-state index is 0.226. The lowest BCUT2D eigenvalue weighted by atomic mass is 9.97. The van der Waals surface area contributed by atoms with E-state index in [0.29, 0.717) is 6.04 Å². The fourth-order valence-corrected chi connectivity index (χ4v) is 1.90. The van der Waals surface area contributed by atoms with E-state index in [1.54, 1.807) is 12.1 Å². The van der Waals surface area contributed by atoms with Crippen LogP contribution in [0.3, 0.4) is 0 Å². The van der Waals surface area contributed by atoms with Crippen LogP contribution in [0.25, 0.3) is 0 Å². The summed E-state index contributed by atoms with van der Waals surface area (Å²) >= 11 is 0. The molecule has 0 saturated carbocycles. The summed E-state index contributed by atoms with van der Waals surface area (Å²) in [5.74, 6) is -0.310. The van der Waals surface area contributed by atoms with Crippen molar-refractivity contribution in [1.29, 1.82) is 0 Å². The first-order valence-electron chi connectivity index (χ1n) is 5.05. The maximum absolute atomic E-state index is 13.2. The number of hydrogen-bond acceptors (Lipinski definition) is 2. The average Bonchev–Trinajstić information content (AvgIpc) is 2.23. The van der Waals surface area contributed by atoms with E-state index in [1.165, 1.54) is 12.8 Å². The van der Waals surface area contributed by atoms with Crippen LogP contribution in [0, 0.1) is 5.82 Å². The number of halogens is 1. The minimum atomic E-state index is -0.310. The van der Waals surface area contributed by atoms with Crippen LogP contribution in [0.5, 0.6) is 0 Å². The van der Waals surface area contributed by atoms with Gasteiger partial charge in [0.1, 0.15) is 5.82 Å². The smallest absolute Gasteiger partial charge is 0.146 e. The van der Waals surface area contributed by atoms with Crippen molar-refractivity contribution < 1.29 is 4.39 Å².